The molecule has 0 saturated carbocycles. The average molecular weight is 424 g/mol. The van der Waals surface area contributed by atoms with Crippen molar-refractivity contribution in [1.82, 2.24) is 9.78 Å². The Labute approximate surface area is 180 Å². The van der Waals surface area contributed by atoms with Crippen LogP contribution in [0.1, 0.15) is 34.6 Å². The van der Waals surface area contributed by atoms with Gasteiger partial charge < -0.3 is 14.8 Å². The fourth-order valence-electron chi connectivity index (χ4n) is 3.72. The van der Waals surface area contributed by atoms with Gasteiger partial charge in [-0.05, 0) is 56.2 Å². The molecule has 2 aromatic carbocycles. The number of thioether (sulfide) groups is 1. The fraction of sp³-hybridized carbons (Fsp3) is 0.304. The summed E-state index contributed by atoms with van der Waals surface area (Å²) >= 11 is 1.59. The molecule has 0 unspecified atom stereocenters. The Hall–Kier alpha value is -2.93. The zero-order chi connectivity index (χ0) is 21.3. The number of methoxy groups -OCH3 is 1. The Morgan fingerprint density at radius 2 is 2.03 bits per heavy atom. The molecule has 1 N–H and O–H groups in total. The van der Waals surface area contributed by atoms with Gasteiger partial charge in [-0.3, -0.25) is 4.79 Å². The second kappa shape index (κ2) is 8.44. The third kappa shape index (κ3) is 3.77. The minimum absolute atomic E-state index is 0.0320. The summed E-state index contributed by atoms with van der Waals surface area (Å²) in [6, 6.07) is 14.1. The number of ether oxygens (including phenoxy) is 2. The van der Waals surface area contributed by atoms with Crippen LogP contribution in [-0.2, 0) is 4.79 Å². The Bertz CT molecular complexity index is 1090. The van der Waals surface area contributed by atoms with Crippen molar-refractivity contribution in [1.29, 1.82) is 0 Å². The molecule has 1 amide bonds. The van der Waals surface area contributed by atoms with Gasteiger partial charge in [0.2, 0.25) is 5.91 Å². The van der Waals surface area contributed by atoms with Crippen LogP contribution >= 0.6 is 11.8 Å². The van der Waals surface area contributed by atoms with Gasteiger partial charge in [0.15, 0.2) is 11.5 Å². The average Bonchev–Trinajstić information content (AvgIpc) is 2.94. The molecular weight excluding hydrogens is 398 g/mol. The van der Waals surface area contributed by atoms with Crippen LogP contribution in [-0.4, -0.2) is 35.2 Å². The smallest absolute Gasteiger partial charge is 0.235 e. The Balaban J connectivity index is 1.84. The number of nitrogens with zero attached hydrogens (tertiary/aromatic N) is 2. The molecule has 0 fully saturated rings. The summed E-state index contributed by atoms with van der Waals surface area (Å²) in [5.41, 5.74) is 5.01. The maximum Gasteiger partial charge on any atom is 0.235 e. The van der Waals surface area contributed by atoms with Crippen molar-refractivity contribution >= 4 is 23.5 Å². The molecule has 0 saturated heterocycles. The predicted octanol–water partition coefficient (Wildman–Crippen LogP) is 4.67. The highest BCUT2D eigenvalue weighted by molar-refractivity contribution is 8.00. The molecule has 0 radical (unpaired) electrons. The van der Waals surface area contributed by atoms with Gasteiger partial charge in [0.1, 0.15) is 5.82 Å². The Morgan fingerprint density at radius 3 is 2.77 bits per heavy atom. The van der Waals surface area contributed by atoms with Crippen LogP contribution in [0.2, 0.25) is 0 Å². The summed E-state index contributed by atoms with van der Waals surface area (Å²) in [7, 11) is 1.64. The molecule has 4 rings (SSSR count). The summed E-state index contributed by atoms with van der Waals surface area (Å²) in [5, 5.41) is 7.80. The van der Waals surface area contributed by atoms with Crippen LogP contribution in [0, 0.1) is 13.8 Å². The largest absolute Gasteiger partial charge is 0.493 e. The minimum atomic E-state index is -0.0536. The zero-order valence-electron chi connectivity index (χ0n) is 17.6. The number of hydrogen-bond donors (Lipinski definition) is 1. The zero-order valence-corrected chi connectivity index (χ0v) is 18.4. The molecule has 30 heavy (non-hydrogen) atoms. The lowest BCUT2D eigenvalue weighted by atomic mass is 10.0. The summed E-state index contributed by atoms with van der Waals surface area (Å²) in [6.45, 7) is 6.55. The number of nitrogens with one attached hydrogen (secondary N) is 1. The lowest BCUT2D eigenvalue weighted by Gasteiger charge is -2.18. The van der Waals surface area contributed by atoms with E-state index in [9.17, 15) is 4.79 Å². The molecular formula is C23H25N3O3S. The first-order valence-electron chi connectivity index (χ1n) is 9.90. The van der Waals surface area contributed by atoms with E-state index in [0.29, 0.717) is 23.9 Å². The predicted molar refractivity (Wildman–Crippen MR) is 120 cm³/mol. The van der Waals surface area contributed by atoms with E-state index in [4.69, 9.17) is 14.6 Å². The van der Waals surface area contributed by atoms with Gasteiger partial charge in [-0.25, -0.2) is 4.68 Å². The van der Waals surface area contributed by atoms with E-state index in [2.05, 4.69) is 11.4 Å². The molecule has 1 aromatic heterocycles. The summed E-state index contributed by atoms with van der Waals surface area (Å²) in [6.07, 6.45) is 0. The molecule has 156 valence electrons. The van der Waals surface area contributed by atoms with Crippen molar-refractivity contribution in [2.75, 3.05) is 24.8 Å². The van der Waals surface area contributed by atoms with Crippen molar-refractivity contribution in [2.24, 2.45) is 0 Å². The van der Waals surface area contributed by atoms with Gasteiger partial charge in [0.25, 0.3) is 0 Å². The topological polar surface area (TPSA) is 65.4 Å². The van der Waals surface area contributed by atoms with E-state index < -0.39 is 0 Å². The highest BCUT2D eigenvalue weighted by Gasteiger charge is 2.31. The van der Waals surface area contributed by atoms with Crippen LogP contribution in [0.15, 0.2) is 42.5 Å². The van der Waals surface area contributed by atoms with Gasteiger partial charge in [0, 0.05) is 5.56 Å². The van der Waals surface area contributed by atoms with Crippen LogP contribution in [0.4, 0.5) is 5.82 Å². The quantitative estimate of drug-likeness (QED) is 0.646. The number of rotatable bonds is 5. The molecule has 0 bridgehead atoms. The number of aryl methyl sites for hydroxylation is 2. The second-order valence-corrected chi connectivity index (χ2v) is 8.27. The van der Waals surface area contributed by atoms with E-state index in [0.717, 1.165) is 33.9 Å². The number of benzene rings is 2. The van der Waals surface area contributed by atoms with E-state index in [1.165, 1.54) is 0 Å². The van der Waals surface area contributed by atoms with Crippen molar-refractivity contribution in [3.63, 3.8) is 0 Å². The number of anilines is 1. The highest BCUT2D eigenvalue weighted by atomic mass is 32.2. The number of fused-ring (bicyclic) bond motifs is 1. The molecule has 1 aliphatic heterocycles. The molecule has 7 heteroatoms. The maximum absolute atomic E-state index is 12.5. The third-order valence-corrected chi connectivity index (χ3v) is 6.31. The third-order valence-electron chi connectivity index (χ3n) is 5.04. The maximum atomic E-state index is 12.5. The van der Waals surface area contributed by atoms with Gasteiger partial charge in [-0.2, -0.15) is 5.10 Å². The van der Waals surface area contributed by atoms with Crippen LogP contribution < -0.4 is 14.8 Å². The number of hydrogen-bond acceptors (Lipinski definition) is 5. The fourth-order valence-corrected chi connectivity index (χ4v) is 4.89. The van der Waals surface area contributed by atoms with E-state index in [1.54, 1.807) is 18.9 Å². The van der Waals surface area contributed by atoms with Crippen LogP contribution in [0.3, 0.4) is 0 Å². The number of carbonyl (C=O) groups is 1. The van der Waals surface area contributed by atoms with Crippen molar-refractivity contribution in [2.45, 2.75) is 26.0 Å². The normalized spacial score (nSPS) is 15.9. The van der Waals surface area contributed by atoms with Crippen molar-refractivity contribution in [3.05, 3.63) is 64.8 Å². The standard InChI is InChI=1S/C23H25N3O3S/c1-5-29-18-10-9-16(12-19(18)28-4)22-21-15(3)25-26(17-8-6-7-14(2)11-17)23(21)24-20(27)13-30-22/h6-12,22H,5,13H2,1-4H3,(H,24,27)/t22-/m1/s1. The molecule has 2 heterocycles. The van der Waals surface area contributed by atoms with E-state index >= 15 is 0 Å². The second-order valence-electron chi connectivity index (χ2n) is 7.18. The first kappa shape index (κ1) is 20.3. The highest BCUT2D eigenvalue weighted by Crippen LogP contribution is 2.45. The number of aromatic nitrogens is 2. The van der Waals surface area contributed by atoms with E-state index in [-0.39, 0.29) is 11.2 Å². The summed E-state index contributed by atoms with van der Waals surface area (Å²) in [5.74, 6) is 2.46. The lowest BCUT2D eigenvalue weighted by molar-refractivity contribution is -0.113. The minimum Gasteiger partial charge on any atom is -0.493 e. The lowest BCUT2D eigenvalue weighted by Crippen LogP contribution is -2.15. The number of carbonyl (C=O) groups excluding carboxylic acids is 1. The van der Waals surface area contributed by atoms with Crippen molar-refractivity contribution < 1.29 is 14.3 Å². The van der Waals surface area contributed by atoms with Crippen LogP contribution in [0.5, 0.6) is 11.5 Å². The Kier molecular flexibility index (Phi) is 5.72. The van der Waals surface area contributed by atoms with E-state index in [1.807, 2.05) is 61.9 Å². The molecule has 0 aliphatic carbocycles. The van der Waals surface area contributed by atoms with Crippen LogP contribution in [0.25, 0.3) is 5.69 Å². The molecule has 6 nitrogen and oxygen atoms in total. The SMILES string of the molecule is CCOc1ccc([C@H]2SCC(=O)Nc3c2c(C)nn3-c2cccc(C)c2)cc1OC. The first-order valence-corrected chi connectivity index (χ1v) is 11.0. The van der Waals surface area contributed by atoms with Gasteiger partial charge in [0.05, 0.1) is 36.1 Å². The Morgan fingerprint density at radius 1 is 1.20 bits per heavy atom. The van der Waals surface area contributed by atoms with Crippen molar-refractivity contribution in [3.8, 4) is 17.2 Å². The summed E-state index contributed by atoms with van der Waals surface area (Å²) < 4.78 is 13.0. The van der Waals surface area contributed by atoms with Gasteiger partial charge in [-0.15, -0.1) is 11.8 Å². The molecule has 1 aliphatic rings. The summed E-state index contributed by atoms with van der Waals surface area (Å²) in [4.78, 5) is 12.5. The molecule has 1 atom stereocenters. The number of amides is 1. The first-order chi connectivity index (χ1) is 14.5. The molecule has 3 aromatic rings. The monoisotopic (exact) mass is 423 g/mol. The van der Waals surface area contributed by atoms with Gasteiger partial charge in [-0.1, -0.05) is 18.2 Å². The van der Waals surface area contributed by atoms with Gasteiger partial charge >= 0.3 is 0 Å². The molecule has 0 spiro atoms.